The Morgan fingerprint density at radius 3 is 2.68 bits per heavy atom. The van der Waals surface area contributed by atoms with Gasteiger partial charge in [-0.15, -0.1) is 0 Å². The van der Waals surface area contributed by atoms with Gasteiger partial charge in [-0.05, 0) is 30.2 Å². The van der Waals surface area contributed by atoms with Crippen molar-refractivity contribution < 1.29 is 4.79 Å². The molecule has 0 aliphatic carbocycles. The first-order chi connectivity index (χ1) is 9.22. The van der Waals surface area contributed by atoms with E-state index in [-0.39, 0.29) is 5.78 Å². The molecular weight excluding hydrogens is 238 g/mol. The molecule has 2 heterocycles. The normalized spacial score (nSPS) is 10.4. The van der Waals surface area contributed by atoms with Crippen molar-refractivity contribution in [1.82, 2.24) is 9.97 Å². The van der Waals surface area contributed by atoms with Crippen molar-refractivity contribution in [3.63, 3.8) is 0 Å². The smallest absolute Gasteiger partial charge is 0.168 e. The number of Topliss-reactive ketones (excluding diaryl/α,β-unsaturated/α-hetero) is 1. The zero-order valence-electron chi connectivity index (χ0n) is 11.0. The van der Waals surface area contributed by atoms with E-state index in [1.54, 1.807) is 18.3 Å². The Balaban J connectivity index is 2.11. The van der Waals surface area contributed by atoms with E-state index < -0.39 is 0 Å². The first kappa shape index (κ1) is 13.4. The molecule has 2 N–H and O–H groups in total. The second-order valence-corrected chi connectivity index (χ2v) is 4.35. The van der Waals surface area contributed by atoms with Crippen LogP contribution in [0.5, 0.6) is 0 Å². The number of nitrogens with zero attached hydrogens (tertiary/aromatic N) is 2. The zero-order chi connectivity index (χ0) is 13.7. The lowest BCUT2D eigenvalue weighted by atomic mass is 10.1. The van der Waals surface area contributed by atoms with Crippen LogP contribution in [0.25, 0.3) is 0 Å². The fourth-order valence-electron chi connectivity index (χ4n) is 1.80. The van der Waals surface area contributed by atoms with Crippen molar-refractivity contribution >= 4 is 5.78 Å². The van der Waals surface area contributed by atoms with E-state index >= 15 is 0 Å². The highest BCUT2D eigenvalue weighted by Gasteiger charge is 2.08. The Kier molecular flexibility index (Phi) is 4.36. The van der Waals surface area contributed by atoms with E-state index in [4.69, 9.17) is 5.73 Å². The molecule has 0 radical (unpaired) electrons. The molecule has 2 aromatic rings. The lowest BCUT2D eigenvalue weighted by Crippen LogP contribution is -2.07. The van der Waals surface area contributed by atoms with Gasteiger partial charge in [-0.25, -0.2) is 0 Å². The van der Waals surface area contributed by atoms with E-state index in [0.717, 1.165) is 17.8 Å². The molecule has 0 bridgehead atoms. The highest BCUT2D eigenvalue weighted by Crippen LogP contribution is 2.08. The van der Waals surface area contributed by atoms with Gasteiger partial charge in [0, 0.05) is 30.2 Å². The molecule has 0 fully saturated rings. The number of nitrogens with two attached hydrogens (primary N) is 1. The maximum atomic E-state index is 12.1. The van der Waals surface area contributed by atoms with E-state index in [0.29, 0.717) is 18.5 Å². The van der Waals surface area contributed by atoms with Gasteiger partial charge in [0.25, 0.3) is 0 Å². The third-order valence-electron chi connectivity index (χ3n) is 2.98. The zero-order valence-corrected chi connectivity index (χ0v) is 11.0. The molecule has 4 nitrogen and oxygen atoms in total. The first-order valence-electron chi connectivity index (χ1n) is 6.35. The summed E-state index contributed by atoms with van der Waals surface area (Å²) in [5, 5.41) is 0. The van der Waals surface area contributed by atoms with E-state index in [9.17, 15) is 4.79 Å². The van der Waals surface area contributed by atoms with E-state index in [1.807, 2.05) is 18.3 Å². The second-order valence-electron chi connectivity index (χ2n) is 4.35. The van der Waals surface area contributed by atoms with Gasteiger partial charge in [0.05, 0.1) is 12.1 Å². The molecule has 0 amide bonds. The van der Waals surface area contributed by atoms with Gasteiger partial charge >= 0.3 is 0 Å². The quantitative estimate of drug-likeness (QED) is 0.829. The summed E-state index contributed by atoms with van der Waals surface area (Å²) in [7, 11) is 0. The minimum atomic E-state index is 0.0360. The minimum absolute atomic E-state index is 0.0360. The van der Waals surface area contributed by atoms with Crippen LogP contribution in [0.15, 0.2) is 36.7 Å². The summed E-state index contributed by atoms with van der Waals surface area (Å²) in [6, 6.07) is 7.36. The number of rotatable bonds is 5. The fraction of sp³-hybridized carbons (Fsp3) is 0.267. The number of pyridine rings is 2. The van der Waals surface area contributed by atoms with E-state index in [1.165, 1.54) is 5.56 Å². The third-order valence-corrected chi connectivity index (χ3v) is 2.98. The molecular formula is C15H17N3O. The van der Waals surface area contributed by atoms with Gasteiger partial charge in [-0.1, -0.05) is 13.0 Å². The molecule has 98 valence electrons. The van der Waals surface area contributed by atoms with Gasteiger partial charge in [0.1, 0.15) is 0 Å². The second kappa shape index (κ2) is 6.20. The summed E-state index contributed by atoms with van der Waals surface area (Å²) >= 11 is 0. The van der Waals surface area contributed by atoms with Gasteiger partial charge in [-0.3, -0.25) is 14.8 Å². The van der Waals surface area contributed by atoms with Crippen LogP contribution in [0.2, 0.25) is 0 Å². The van der Waals surface area contributed by atoms with Crippen LogP contribution < -0.4 is 5.73 Å². The largest absolute Gasteiger partial charge is 0.325 e. The number of carbonyl (C=O) groups is 1. The molecule has 0 spiro atoms. The average molecular weight is 255 g/mol. The molecule has 0 saturated carbocycles. The van der Waals surface area contributed by atoms with Crippen LogP contribution in [-0.4, -0.2) is 15.8 Å². The van der Waals surface area contributed by atoms with Crippen LogP contribution >= 0.6 is 0 Å². The number of aromatic nitrogens is 2. The van der Waals surface area contributed by atoms with Crippen LogP contribution in [-0.2, 0) is 19.4 Å². The predicted molar refractivity (Wildman–Crippen MR) is 73.8 cm³/mol. The van der Waals surface area contributed by atoms with Crippen LogP contribution in [0.3, 0.4) is 0 Å². The highest BCUT2D eigenvalue weighted by atomic mass is 16.1. The summed E-state index contributed by atoms with van der Waals surface area (Å²) in [6.45, 7) is 2.41. The monoisotopic (exact) mass is 255 g/mol. The Bertz CT molecular complexity index is 564. The lowest BCUT2D eigenvalue weighted by molar-refractivity contribution is 0.0991. The summed E-state index contributed by atoms with van der Waals surface area (Å²) < 4.78 is 0. The number of hydrogen-bond donors (Lipinski definition) is 1. The minimum Gasteiger partial charge on any atom is -0.325 e. The SMILES string of the molecule is CCc1ccc(CC(=O)c2ccnc(CN)c2)nc1. The Morgan fingerprint density at radius 1 is 1.21 bits per heavy atom. The molecule has 0 aliphatic rings. The molecule has 0 aliphatic heterocycles. The van der Waals surface area contributed by atoms with Crippen molar-refractivity contribution in [2.24, 2.45) is 5.73 Å². The number of hydrogen-bond acceptors (Lipinski definition) is 4. The summed E-state index contributed by atoms with van der Waals surface area (Å²) in [6.07, 6.45) is 4.69. The molecule has 4 heteroatoms. The van der Waals surface area contributed by atoms with Crippen LogP contribution in [0, 0.1) is 0 Å². The van der Waals surface area contributed by atoms with Gasteiger partial charge in [0.2, 0.25) is 0 Å². The molecule has 2 aromatic heterocycles. The van der Waals surface area contributed by atoms with Gasteiger partial charge in [-0.2, -0.15) is 0 Å². The molecule has 0 atom stereocenters. The summed E-state index contributed by atoms with van der Waals surface area (Å²) in [5.41, 5.74) is 8.83. The maximum absolute atomic E-state index is 12.1. The Labute approximate surface area is 112 Å². The average Bonchev–Trinajstić information content (AvgIpc) is 2.48. The van der Waals surface area contributed by atoms with Crippen molar-refractivity contribution in [3.8, 4) is 0 Å². The van der Waals surface area contributed by atoms with Crippen molar-refractivity contribution in [3.05, 3.63) is 59.2 Å². The predicted octanol–water partition coefficient (Wildman–Crippen LogP) is 1.92. The summed E-state index contributed by atoms with van der Waals surface area (Å²) in [4.78, 5) is 20.5. The van der Waals surface area contributed by atoms with Crippen LogP contribution in [0.1, 0.15) is 34.2 Å². The summed E-state index contributed by atoms with van der Waals surface area (Å²) in [5.74, 6) is 0.0360. The van der Waals surface area contributed by atoms with Crippen molar-refractivity contribution in [2.45, 2.75) is 26.3 Å². The first-order valence-corrected chi connectivity index (χ1v) is 6.35. The highest BCUT2D eigenvalue weighted by molar-refractivity contribution is 5.97. The number of aryl methyl sites for hydroxylation is 1. The molecule has 0 saturated heterocycles. The topological polar surface area (TPSA) is 68.9 Å². The molecule has 0 aromatic carbocycles. The van der Waals surface area contributed by atoms with Crippen molar-refractivity contribution in [2.75, 3.05) is 0 Å². The van der Waals surface area contributed by atoms with Crippen LogP contribution in [0.4, 0.5) is 0 Å². The molecule has 0 unspecified atom stereocenters. The lowest BCUT2D eigenvalue weighted by Gasteiger charge is -2.03. The van der Waals surface area contributed by atoms with E-state index in [2.05, 4.69) is 16.9 Å². The van der Waals surface area contributed by atoms with Gasteiger partial charge < -0.3 is 5.73 Å². The molecule has 2 rings (SSSR count). The maximum Gasteiger partial charge on any atom is 0.168 e. The standard InChI is InChI=1S/C15H17N3O/c1-2-11-3-4-13(18-10-11)8-15(19)12-5-6-17-14(7-12)9-16/h3-7,10H,2,8-9,16H2,1H3. The van der Waals surface area contributed by atoms with Crippen molar-refractivity contribution in [1.29, 1.82) is 0 Å². The van der Waals surface area contributed by atoms with Gasteiger partial charge in [0.15, 0.2) is 5.78 Å². The number of carbonyl (C=O) groups excluding carboxylic acids is 1. The fourth-order valence-corrected chi connectivity index (χ4v) is 1.80. The Hall–Kier alpha value is -2.07. The number of ketones is 1. The molecule has 19 heavy (non-hydrogen) atoms. The third kappa shape index (κ3) is 3.45. The Morgan fingerprint density at radius 2 is 2.05 bits per heavy atom.